The molecule has 0 saturated heterocycles. The molecule has 1 aromatic heterocycles. The number of para-hydroxylation sites is 2. The van der Waals surface area contributed by atoms with Crippen LogP contribution >= 0.6 is 23.5 Å². The second-order valence-electron chi connectivity index (χ2n) is 5.77. The van der Waals surface area contributed by atoms with Gasteiger partial charge in [0, 0.05) is 24.2 Å². The van der Waals surface area contributed by atoms with Crippen LogP contribution in [0.1, 0.15) is 0 Å². The molecule has 0 spiro atoms. The van der Waals surface area contributed by atoms with E-state index in [0.29, 0.717) is 35.5 Å². The monoisotopic (exact) mass is 423 g/mol. The molecule has 0 atom stereocenters. The van der Waals surface area contributed by atoms with Crippen molar-refractivity contribution < 1.29 is 18.3 Å². The van der Waals surface area contributed by atoms with Crippen molar-refractivity contribution in [2.24, 2.45) is 0 Å². The fourth-order valence-electron chi connectivity index (χ4n) is 2.61. The second-order valence-corrected chi connectivity index (χ2v) is 7.77. The largest absolute Gasteiger partial charge is 0.383 e. The summed E-state index contributed by atoms with van der Waals surface area (Å²) in [7, 11) is 1.64. The molecule has 9 heteroatoms. The van der Waals surface area contributed by atoms with Gasteiger partial charge in [0.25, 0.3) is 5.76 Å². The van der Waals surface area contributed by atoms with Crippen LogP contribution in [0.5, 0.6) is 0 Å². The van der Waals surface area contributed by atoms with Gasteiger partial charge >= 0.3 is 0 Å². The Kier molecular flexibility index (Phi) is 7.30. The van der Waals surface area contributed by atoms with Crippen LogP contribution in [0, 0.1) is 0 Å². The number of carbonyl (C=O) groups is 1. The second kappa shape index (κ2) is 9.90. The van der Waals surface area contributed by atoms with Crippen LogP contribution in [0.4, 0.5) is 14.5 Å². The number of imidazole rings is 1. The van der Waals surface area contributed by atoms with Gasteiger partial charge in [0.05, 0.1) is 23.4 Å². The number of hydrogen-bond acceptors (Lipinski definition) is 5. The molecule has 3 aromatic rings. The summed E-state index contributed by atoms with van der Waals surface area (Å²) >= 11 is 1.82. The van der Waals surface area contributed by atoms with Gasteiger partial charge in [-0.3, -0.25) is 4.79 Å². The molecule has 0 aliphatic carbocycles. The maximum atomic E-state index is 12.4. The van der Waals surface area contributed by atoms with E-state index in [0.717, 1.165) is 16.2 Å². The highest BCUT2D eigenvalue weighted by Crippen LogP contribution is 2.27. The van der Waals surface area contributed by atoms with Crippen molar-refractivity contribution >= 4 is 46.2 Å². The van der Waals surface area contributed by atoms with Crippen molar-refractivity contribution in [3.8, 4) is 0 Å². The van der Waals surface area contributed by atoms with Crippen molar-refractivity contribution in [3.05, 3.63) is 48.5 Å². The number of benzene rings is 2. The summed E-state index contributed by atoms with van der Waals surface area (Å²) < 4.78 is 31.9. The van der Waals surface area contributed by atoms with Gasteiger partial charge in [-0.05, 0) is 36.4 Å². The summed E-state index contributed by atoms with van der Waals surface area (Å²) in [5.41, 5.74) is 2.43. The zero-order valence-corrected chi connectivity index (χ0v) is 16.7. The van der Waals surface area contributed by atoms with Gasteiger partial charge in [-0.1, -0.05) is 35.7 Å². The molecule has 1 amide bonds. The molecule has 0 bridgehead atoms. The van der Waals surface area contributed by atoms with Crippen molar-refractivity contribution in [2.45, 2.75) is 22.4 Å². The quantitative estimate of drug-likeness (QED) is 0.505. The minimum absolute atomic E-state index is 0.184. The zero-order valence-electron chi connectivity index (χ0n) is 15.1. The highest BCUT2D eigenvalue weighted by Gasteiger charge is 2.13. The number of alkyl halides is 2. The molecule has 0 radical (unpaired) electrons. The number of aromatic nitrogens is 2. The molecule has 0 saturated carbocycles. The number of hydrogen-bond donors (Lipinski definition) is 1. The first kappa shape index (κ1) is 20.6. The first-order chi connectivity index (χ1) is 13.6. The lowest BCUT2D eigenvalue weighted by atomic mass is 10.3. The molecule has 2 aromatic carbocycles. The van der Waals surface area contributed by atoms with E-state index in [9.17, 15) is 13.6 Å². The summed E-state index contributed by atoms with van der Waals surface area (Å²) in [4.78, 5) is 17.3. The average Bonchev–Trinajstić information content (AvgIpc) is 3.03. The number of amides is 1. The van der Waals surface area contributed by atoms with Crippen molar-refractivity contribution in [1.82, 2.24) is 9.55 Å². The molecule has 148 valence electrons. The lowest BCUT2D eigenvalue weighted by Gasteiger charge is -2.09. The minimum Gasteiger partial charge on any atom is -0.383 e. The van der Waals surface area contributed by atoms with Crippen LogP contribution in [0.3, 0.4) is 0 Å². The summed E-state index contributed by atoms with van der Waals surface area (Å²) in [6, 6.07) is 14.1. The van der Waals surface area contributed by atoms with Crippen molar-refractivity contribution in [3.63, 3.8) is 0 Å². The SMILES string of the molecule is COCCn1c(SCC(=O)Nc2ccc(SC(F)F)cc2)nc2ccccc21. The summed E-state index contributed by atoms with van der Waals surface area (Å²) in [5.74, 6) is -2.47. The first-order valence-corrected chi connectivity index (χ1v) is 10.3. The third kappa shape index (κ3) is 5.46. The van der Waals surface area contributed by atoms with Crippen LogP contribution in [-0.2, 0) is 16.1 Å². The topological polar surface area (TPSA) is 56.1 Å². The molecule has 5 nitrogen and oxygen atoms in total. The summed E-state index contributed by atoms with van der Waals surface area (Å²) in [6.45, 7) is 1.19. The van der Waals surface area contributed by atoms with E-state index < -0.39 is 5.76 Å². The van der Waals surface area contributed by atoms with Crippen molar-refractivity contribution in [2.75, 3.05) is 24.8 Å². The fourth-order valence-corrected chi connectivity index (χ4v) is 3.95. The van der Waals surface area contributed by atoms with E-state index in [2.05, 4.69) is 10.3 Å². The molecule has 0 aliphatic rings. The van der Waals surface area contributed by atoms with E-state index in [4.69, 9.17) is 4.74 Å². The Morgan fingerprint density at radius 1 is 1.21 bits per heavy atom. The van der Waals surface area contributed by atoms with Crippen LogP contribution in [0.25, 0.3) is 11.0 Å². The number of fused-ring (bicyclic) bond motifs is 1. The molecule has 0 unspecified atom stereocenters. The van der Waals surface area contributed by atoms with Gasteiger partial charge in [0.2, 0.25) is 5.91 Å². The predicted molar refractivity (Wildman–Crippen MR) is 109 cm³/mol. The number of thioether (sulfide) groups is 2. The van der Waals surface area contributed by atoms with Crippen LogP contribution < -0.4 is 5.32 Å². The number of anilines is 1. The standard InChI is InChI=1S/C19H19F2N3O2S2/c1-26-11-10-24-16-5-3-2-4-15(16)23-19(24)27-12-17(25)22-13-6-8-14(9-7-13)28-18(20)21/h2-9,18H,10-12H2,1H3,(H,22,25). The number of nitrogens with one attached hydrogen (secondary N) is 1. The number of rotatable bonds is 9. The molecule has 0 aliphatic heterocycles. The van der Waals surface area contributed by atoms with Crippen LogP contribution in [0.2, 0.25) is 0 Å². The van der Waals surface area contributed by atoms with E-state index in [1.807, 2.05) is 28.8 Å². The van der Waals surface area contributed by atoms with Crippen LogP contribution in [0.15, 0.2) is 58.6 Å². The predicted octanol–water partition coefficient (Wildman–Crippen LogP) is 4.73. The molecule has 0 fully saturated rings. The van der Waals surface area contributed by atoms with Gasteiger partial charge in [-0.25, -0.2) is 4.98 Å². The Bertz CT molecular complexity index is 933. The number of halogens is 2. The minimum atomic E-state index is -2.46. The first-order valence-electron chi connectivity index (χ1n) is 8.48. The Balaban J connectivity index is 1.62. The van der Waals surface area contributed by atoms with E-state index in [1.54, 1.807) is 31.4 Å². The van der Waals surface area contributed by atoms with Gasteiger partial charge < -0.3 is 14.6 Å². The third-order valence-electron chi connectivity index (χ3n) is 3.83. The summed E-state index contributed by atoms with van der Waals surface area (Å²) in [5, 5.41) is 3.52. The number of nitrogens with zero attached hydrogens (tertiary/aromatic N) is 2. The van der Waals surface area contributed by atoms with E-state index in [1.165, 1.54) is 11.8 Å². The number of methoxy groups -OCH3 is 1. The molecular weight excluding hydrogens is 404 g/mol. The lowest BCUT2D eigenvalue weighted by Crippen LogP contribution is -2.15. The normalized spacial score (nSPS) is 11.3. The highest BCUT2D eigenvalue weighted by molar-refractivity contribution is 8.00. The fraction of sp³-hybridized carbons (Fsp3) is 0.263. The molecule has 28 heavy (non-hydrogen) atoms. The maximum Gasteiger partial charge on any atom is 0.288 e. The lowest BCUT2D eigenvalue weighted by molar-refractivity contribution is -0.113. The Hall–Kier alpha value is -2.10. The maximum absolute atomic E-state index is 12.4. The Morgan fingerprint density at radius 3 is 2.68 bits per heavy atom. The Morgan fingerprint density at radius 2 is 1.96 bits per heavy atom. The average molecular weight is 424 g/mol. The molecular formula is C19H19F2N3O2S2. The van der Waals surface area contributed by atoms with Gasteiger partial charge in [0.15, 0.2) is 5.16 Å². The molecule has 1 heterocycles. The highest BCUT2D eigenvalue weighted by atomic mass is 32.2. The van der Waals surface area contributed by atoms with Gasteiger partial charge in [-0.15, -0.1) is 0 Å². The molecule has 3 rings (SSSR count). The number of ether oxygens (including phenoxy) is 1. The van der Waals surface area contributed by atoms with Gasteiger partial charge in [-0.2, -0.15) is 8.78 Å². The summed E-state index contributed by atoms with van der Waals surface area (Å²) in [6.07, 6.45) is 0. The third-order valence-corrected chi connectivity index (χ3v) is 5.53. The smallest absolute Gasteiger partial charge is 0.288 e. The molecule has 1 N–H and O–H groups in total. The van der Waals surface area contributed by atoms with E-state index in [-0.39, 0.29) is 11.7 Å². The van der Waals surface area contributed by atoms with Gasteiger partial charge in [0.1, 0.15) is 0 Å². The van der Waals surface area contributed by atoms with Crippen molar-refractivity contribution in [1.29, 1.82) is 0 Å². The zero-order chi connectivity index (χ0) is 19.9. The number of carbonyl (C=O) groups excluding carboxylic acids is 1. The Labute approximate surface area is 169 Å². The van der Waals surface area contributed by atoms with E-state index >= 15 is 0 Å². The van der Waals surface area contributed by atoms with Crippen LogP contribution in [-0.4, -0.2) is 40.7 Å².